The maximum absolute atomic E-state index is 3.03. The van der Waals surface area contributed by atoms with Crippen molar-refractivity contribution in [2.24, 2.45) is 0 Å². The third kappa shape index (κ3) is 3.42. The smallest absolute Gasteiger partial charge is 0.00106 e. The molecule has 0 unspecified atom stereocenters. The average Bonchev–Trinajstić information content (AvgIpc) is 2.28. The molecule has 78 valence electrons. The lowest BCUT2D eigenvalue weighted by molar-refractivity contribution is 0.824. The van der Waals surface area contributed by atoms with Crippen LogP contribution in [0.15, 0.2) is 36.7 Å². The summed E-state index contributed by atoms with van der Waals surface area (Å²) in [5.74, 6) is 0. The molecule has 0 atom stereocenters. The van der Waals surface area contributed by atoms with E-state index < -0.39 is 0 Å². The van der Waals surface area contributed by atoms with E-state index in [2.05, 4.69) is 29.6 Å². The molecule has 0 fully saturated rings. The van der Waals surface area contributed by atoms with Gasteiger partial charge in [0.1, 0.15) is 0 Å². The van der Waals surface area contributed by atoms with E-state index in [1.54, 1.807) is 0 Å². The van der Waals surface area contributed by atoms with Crippen molar-refractivity contribution >= 4 is 37.0 Å². The highest BCUT2D eigenvalue weighted by Crippen LogP contribution is 2.13. The Labute approximate surface area is 95.8 Å². The second-order valence-electron chi connectivity index (χ2n) is 2.46. The topological polar surface area (TPSA) is 43.5 Å². The van der Waals surface area contributed by atoms with Gasteiger partial charge in [-0.3, -0.25) is 0 Å². The second-order valence-corrected chi connectivity index (χ2v) is 2.46. The van der Waals surface area contributed by atoms with Crippen LogP contribution < -0.4 is 5.32 Å². The summed E-state index contributed by atoms with van der Waals surface area (Å²) in [6, 6.07) is 8.29. The minimum Gasteiger partial charge on any atom is -0.412 e. The third-order valence-electron chi connectivity index (χ3n) is 1.71. The summed E-state index contributed by atoms with van der Waals surface area (Å²) >= 11 is 0. The molecule has 2 nitrogen and oxygen atoms in total. The molecule has 14 heavy (non-hydrogen) atoms. The van der Waals surface area contributed by atoms with Crippen LogP contribution in [0.3, 0.4) is 0 Å². The predicted octanol–water partition coefficient (Wildman–Crippen LogP) is 2.25. The molecule has 0 spiro atoms. The van der Waals surface area contributed by atoms with E-state index in [-0.39, 0.29) is 30.3 Å². The van der Waals surface area contributed by atoms with Gasteiger partial charge in [-0.1, -0.05) is 24.3 Å². The fourth-order valence-corrected chi connectivity index (χ4v) is 1.15. The summed E-state index contributed by atoms with van der Waals surface area (Å²) in [5, 5.41) is 3.03. The Morgan fingerprint density at radius 1 is 0.786 bits per heavy atom. The van der Waals surface area contributed by atoms with E-state index in [4.69, 9.17) is 0 Å². The Hall–Kier alpha value is -0.960. The summed E-state index contributed by atoms with van der Waals surface area (Å²) < 4.78 is 0. The molecule has 2 rings (SSSR count). The van der Waals surface area contributed by atoms with Gasteiger partial charge in [0.05, 0.1) is 0 Å². The minimum atomic E-state index is 0. The quantitative estimate of drug-likeness (QED) is 0.735. The highest BCUT2D eigenvalue weighted by atomic mass is 35.5. The Morgan fingerprint density at radius 3 is 1.64 bits per heavy atom. The third-order valence-corrected chi connectivity index (χ3v) is 1.71. The van der Waals surface area contributed by atoms with Crippen LogP contribution in [0.5, 0.6) is 0 Å². The van der Waals surface area contributed by atoms with E-state index in [1.807, 2.05) is 24.5 Å². The molecule has 0 saturated heterocycles. The first-order chi connectivity index (χ1) is 5.47. The molecular weight excluding hydrogens is 221 g/mol. The molecule has 1 heterocycles. The first-order valence-electron chi connectivity index (χ1n) is 3.65. The number of nitrogens with one attached hydrogen (secondary N) is 1. The maximum atomic E-state index is 3.03. The molecule has 1 aromatic carbocycles. The number of halogens is 2. The monoisotopic (exact) mass is 233 g/mol. The lowest BCUT2D eigenvalue weighted by atomic mass is 10.1. The Kier molecular flexibility index (Phi) is 8.25. The number of rotatable bonds is 0. The summed E-state index contributed by atoms with van der Waals surface area (Å²) in [4.78, 5) is 0. The molecule has 0 aromatic heterocycles. The van der Waals surface area contributed by atoms with E-state index in [9.17, 15) is 0 Å². The molecule has 1 aliphatic rings. The Balaban J connectivity index is 0. The largest absolute Gasteiger partial charge is 0.412 e. The molecule has 4 heteroatoms. The average molecular weight is 234 g/mol. The van der Waals surface area contributed by atoms with Gasteiger partial charge in [0.2, 0.25) is 0 Å². The van der Waals surface area contributed by atoms with Crippen LogP contribution in [-0.4, -0.2) is 5.48 Å². The Morgan fingerprint density at radius 2 is 1.21 bits per heavy atom. The molecule has 0 saturated carbocycles. The maximum Gasteiger partial charge on any atom is 0.00106 e. The van der Waals surface area contributed by atoms with Gasteiger partial charge in [0.25, 0.3) is 0 Å². The zero-order valence-electron chi connectivity index (χ0n) is 7.44. The molecule has 1 aromatic rings. The number of benzene rings is 1. The van der Waals surface area contributed by atoms with Gasteiger partial charge in [-0.2, -0.15) is 0 Å². The van der Waals surface area contributed by atoms with Crippen LogP contribution in [0.2, 0.25) is 0 Å². The van der Waals surface area contributed by atoms with E-state index in [0.717, 1.165) is 0 Å². The van der Waals surface area contributed by atoms with E-state index in [1.165, 1.54) is 11.1 Å². The molecule has 0 radical (unpaired) electrons. The van der Waals surface area contributed by atoms with Gasteiger partial charge in [-0.15, -0.1) is 24.8 Å². The van der Waals surface area contributed by atoms with Crippen LogP contribution in [0.25, 0.3) is 12.2 Å². The van der Waals surface area contributed by atoms with E-state index >= 15 is 0 Å². The van der Waals surface area contributed by atoms with Crippen molar-refractivity contribution in [1.82, 2.24) is 5.32 Å². The van der Waals surface area contributed by atoms with Crippen LogP contribution in [0.1, 0.15) is 11.1 Å². The molecule has 0 aliphatic carbocycles. The summed E-state index contributed by atoms with van der Waals surface area (Å²) in [7, 11) is 0. The number of hydrogen-bond acceptors (Lipinski definition) is 1. The van der Waals surface area contributed by atoms with Crippen molar-refractivity contribution in [3.05, 3.63) is 47.8 Å². The highest BCUT2D eigenvalue weighted by Gasteiger charge is 1.94. The molecule has 0 amide bonds. The fraction of sp³-hybridized carbons (Fsp3) is 0. The zero-order valence-corrected chi connectivity index (χ0v) is 9.07. The van der Waals surface area contributed by atoms with Crippen molar-refractivity contribution in [2.45, 2.75) is 0 Å². The summed E-state index contributed by atoms with van der Waals surface area (Å²) in [5.41, 5.74) is 2.52. The number of hydrogen-bond donors (Lipinski definition) is 1. The minimum absolute atomic E-state index is 0. The molecule has 1 aliphatic heterocycles. The van der Waals surface area contributed by atoms with Gasteiger partial charge in [-0.05, 0) is 23.3 Å². The van der Waals surface area contributed by atoms with Crippen LogP contribution in [-0.2, 0) is 0 Å². The lowest BCUT2D eigenvalue weighted by Gasteiger charge is -1.95. The molecule has 0 bridgehead atoms. The molecular formula is C10H13Cl2NO. The SMILES string of the molecule is C1=Cc2ccccc2C=CN1.Cl.Cl.O. The summed E-state index contributed by atoms with van der Waals surface area (Å²) in [6.45, 7) is 0. The van der Waals surface area contributed by atoms with Gasteiger partial charge in [0.15, 0.2) is 0 Å². The standard InChI is InChI=1S/C10H9N.2ClH.H2O/c1-2-4-10-6-8-11-7-5-9(10)3-1;;;/h1-8,11H;2*1H;1H2. The van der Waals surface area contributed by atoms with Crippen LogP contribution >= 0.6 is 24.8 Å². The molecule has 3 N–H and O–H groups in total. The van der Waals surface area contributed by atoms with Crippen molar-refractivity contribution in [1.29, 1.82) is 0 Å². The zero-order chi connectivity index (χ0) is 7.52. The first kappa shape index (κ1) is 15.5. The van der Waals surface area contributed by atoms with E-state index in [0.29, 0.717) is 0 Å². The normalized spacial score (nSPS) is 10.6. The first-order valence-corrected chi connectivity index (χ1v) is 3.65. The summed E-state index contributed by atoms with van der Waals surface area (Å²) in [6.07, 6.45) is 8.00. The van der Waals surface area contributed by atoms with Gasteiger partial charge >= 0.3 is 0 Å². The fourth-order valence-electron chi connectivity index (χ4n) is 1.15. The second kappa shape index (κ2) is 7.44. The van der Waals surface area contributed by atoms with Crippen LogP contribution in [0.4, 0.5) is 0 Å². The van der Waals surface area contributed by atoms with Crippen molar-refractivity contribution < 1.29 is 5.48 Å². The highest BCUT2D eigenvalue weighted by molar-refractivity contribution is 5.85. The van der Waals surface area contributed by atoms with Crippen molar-refractivity contribution in [2.75, 3.05) is 0 Å². The van der Waals surface area contributed by atoms with Crippen molar-refractivity contribution in [3.63, 3.8) is 0 Å². The lowest BCUT2D eigenvalue weighted by Crippen LogP contribution is -1.86. The van der Waals surface area contributed by atoms with Gasteiger partial charge in [0, 0.05) is 12.4 Å². The Bertz CT molecular complexity index is 293. The van der Waals surface area contributed by atoms with Crippen LogP contribution in [0, 0.1) is 0 Å². The predicted molar refractivity (Wildman–Crippen MR) is 65.8 cm³/mol. The van der Waals surface area contributed by atoms with Gasteiger partial charge < -0.3 is 10.8 Å². The van der Waals surface area contributed by atoms with Crippen molar-refractivity contribution in [3.8, 4) is 0 Å². The van der Waals surface area contributed by atoms with Gasteiger partial charge in [-0.25, -0.2) is 0 Å². The number of fused-ring (bicyclic) bond motifs is 1.